The molecule has 0 radical (unpaired) electrons. The van der Waals surface area contributed by atoms with Crippen LogP contribution in [0.4, 0.5) is 0 Å². The Bertz CT molecular complexity index is 1410. The van der Waals surface area contributed by atoms with Gasteiger partial charge in [0, 0.05) is 35.8 Å². The second kappa shape index (κ2) is 8.27. The van der Waals surface area contributed by atoms with Gasteiger partial charge in [0.1, 0.15) is 0 Å². The van der Waals surface area contributed by atoms with E-state index in [0.29, 0.717) is 27.9 Å². The van der Waals surface area contributed by atoms with Crippen molar-refractivity contribution in [2.45, 2.75) is 53.6 Å². The number of nitrogens with zero attached hydrogens (tertiary/aromatic N) is 4. The van der Waals surface area contributed by atoms with Crippen molar-refractivity contribution in [1.29, 1.82) is 0 Å². The highest BCUT2D eigenvalue weighted by atomic mass is 16.1. The van der Waals surface area contributed by atoms with Gasteiger partial charge in [-0.2, -0.15) is 5.10 Å². The summed E-state index contributed by atoms with van der Waals surface area (Å²) in [7, 11) is 0. The lowest BCUT2D eigenvalue weighted by Crippen LogP contribution is -2.28. The number of aromatic amines is 1. The van der Waals surface area contributed by atoms with Crippen LogP contribution in [-0.4, -0.2) is 30.6 Å². The third kappa shape index (κ3) is 4.28. The molecule has 0 atom stereocenters. The number of hydrogen-bond acceptors (Lipinski definition) is 5. The van der Waals surface area contributed by atoms with Gasteiger partial charge in [-0.05, 0) is 71.4 Å². The number of hydrogen-bond donors (Lipinski definition) is 2. The first-order valence-corrected chi connectivity index (χ1v) is 10.8. The zero-order chi connectivity index (χ0) is 23.9. The van der Waals surface area contributed by atoms with E-state index in [-0.39, 0.29) is 23.6 Å². The predicted molar refractivity (Wildman–Crippen MR) is 128 cm³/mol. The number of carbonyl (C=O) groups is 1. The molecular weight excluding hydrogens is 416 g/mol. The number of pyridine rings is 3. The molecule has 0 saturated carbocycles. The van der Waals surface area contributed by atoms with Gasteiger partial charge < -0.3 is 10.3 Å². The zero-order valence-electron chi connectivity index (χ0n) is 19.8. The summed E-state index contributed by atoms with van der Waals surface area (Å²) in [5.74, 6) is -0.288. The Kier molecular flexibility index (Phi) is 5.61. The molecule has 4 aromatic rings. The Labute approximate surface area is 192 Å². The van der Waals surface area contributed by atoms with Crippen molar-refractivity contribution in [3.63, 3.8) is 0 Å². The molecule has 4 rings (SSSR count). The van der Waals surface area contributed by atoms with Gasteiger partial charge in [0.05, 0.1) is 27.9 Å². The molecule has 0 unspecified atom stereocenters. The fraction of sp³-hybridized carbons (Fsp3) is 0.320. The SMILES string of the molecule is Cc1cc(C)c(CNC(=O)c2cc(-c3cccnc3)nc3c2c(C)nn3C(C)(C)C)c(=O)[nH]1. The minimum absolute atomic E-state index is 0.124. The summed E-state index contributed by atoms with van der Waals surface area (Å²) in [6.45, 7) is 11.8. The molecule has 170 valence electrons. The van der Waals surface area contributed by atoms with E-state index in [1.54, 1.807) is 18.5 Å². The maximum absolute atomic E-state index is 13.4. The average molecular weight is 445 g/mol. The summed E-state index contributed by atoms with van der Waals surface area (Å²) < 4.78 is 1.85. The molecule has 8 nitrogen and oxygen atoms in total. The number of H-pyrrole nitrogens is 1. The van der Waals surface area contributed by atoms with Crippen LogP contribution in [0, 0.1) is 20.8 Å². The van der Waals surface area contributed by atoms with Gasteiger partial charge in [0.15, 0.2) is 5.65 Å². The molecular formula is C25H28N6O2. The number of aromatic nitrogens is 5. The highest BCUT2D eigenvalue weighted by Crippen LogP contribution is 2.30. The van der Waals surface area contributed by atoms with Crippen LogP contribution in [0.3, 0.4) is 0 Å². The Morgan fingerprint density at radius 3 is 2.58 bits per heavy atom. The predicted octanol–water partition coefficient (Wildman–Crippen LogP) is 3.79. The lowest BCUT2D eigenvalue weighted by atomic mass is 10.0. The molecule has 0 aromatic carbocycles. The standard InChI is InChI=1S/C25H28N6O2/c1-14-10-15(2)28-24(33)19(14)13-27-23(32)18-11-20(17-8-7-9-26-12-17)29-22-21(18)16(3)30-31(22)25(4,5)6/h7-12H,13H2,1-6H3,(H,27,32)(H,28,33). The summed E-state index contributed by atoms with van der Waals surface area (Å²) in [6.07, 6.45) is 3.41. The van der Waals surface area contributed by atoms with E-state index in [2.05, 4.69) is 15.3 Å². The second-order valence-corrected chi connectivity index (χ2v) is 9.29. The number of nitrogens with one attached hydrogen (secondary N) is 2. The number of amides is 1. The first-order chi connectivity index (χ1) is 15.6. The topological polar surface area (TPSA) is 106 Å². The number of aryl methyl sites for hydroxylation is 3. The monoisotopic (exact) mass is 444 g/mol. The van der Waals surface area contributed by atoms with E-state index in [1.807, 2.05) is 64.4 Å². The highest BCUT2D eigenvalue weighted by Gasteiger charge is 2.25. The smallest absolute Gasteiger partial charge is 0.253 e. The largest absolute Gasteiger partial charge is 0.348 e. The lowest BCUT2D eigenvalue weighted by molar-refractivity contribution is 0.0952. The number of carbonyl (C=O) groups excluding carboxylic acids is 1. The van der Waals surface area contributed by atoms with Crippen LogP contribution in [0.25, 0.3) is 22.3 Å². The Hall–Kier alpha value is -3.81. The Morgan fingerprint density at radius 2 is 1.94 bits per heavy atom. The van der Waals surface area contributed by atoms with Gasteiger partial charge in [0.2, 0.25) is 0 Å². The minimum Gasteiger partial charge on any atom is -0.348 e. The van der Waals surface area contributed by atoms with Crippen molar-refractivity contribution in [2.75, 3.05) is 0 Å². The minimum atomic E-state index is -0.326. The summed E-state index contributed by atoms with van der Waals surface area (Å²) >= 11 is 0. The summed E-state index contributed by atoms with van der Waals surface area (Å²) in [4.78, 5) is 37.7. The highest BCUT2D eigenvalue weighted by molar-refractivity contribution is 6.07. The van der Waals surface area contributed by atoms with Crippen LogP contribution in [0.5, 0.6) is 0 Å². The lowest BCUT2D eigenvalue weighted by Gasteiger charge is -2.20. The first-order valence-electron chi connectivity index (χ1n) is 10.8. The summed E-state index contributed by atoms with van der Waals surface area (Å²) in [5, 5.41) is 8.32. The number of fused-ring (bicyclic) bond motifs is 1. The molecule has 0 spiro atoms. The van der Waals surface area contributed by atoms with Gasteiger partial charge in [0.25, 0.3) is 11.5 Å². The molecule has 33 heavy (non-hydrogen) atoms. The molecule has 0 aliphatic carbocycles. The molecule has 0 aliphatic heterocycles. The van der Waals surface area contributed by atoms with Crippen molar-refractivity contribution >= 4 is 16.9 Å². The van der Waals surface area contributed by atoms with Crippen LogP contribution < -0.4 is 10.9 Å². The second-order valence-electron chi connectivity index (χ2n) is 9.29. The molecule has 8 heteroatoms. The molecule has 4 aromatic heterocycles. The maximum Gasteiger partial charge on any atom is 0.253 e. The molecule has 0 bridgehead atoms. The molecule has 0 aliphatic rings. The Morgan fingerprint density at radius 1 is 1.18 bits per heavy atom. The average Bonchev–Trinajstić information content (AvgIpc) is 3.10. The van der Waals surface area contributed by atoms with E-state index in [4.69, 9.17) is 10.1 Å². The van der Waals surface area contributed by atoms with Gasteiger partial charge >= 0.3 is 0 Å². The first kappa shape index (κ1) is 22.4. The fourth-order valence-electron chi connectivity index (χ4n) is 3.96. The van der Waals surface area contributed by atoms with Crippen molar-refractivity contribution in [1.82, 2.24) is 30.0 Å². The molecule has 0 saturated heterocycles. The van der Waals surface area contributed by atoms with Crippen molar-refractivity contribution in [2.24, 2.45) is 0 Å². The van der Waals surface area contributed by atoms with E-state index in [1.165, 1.54) is 0 Å². The van der Waals surface area contributed by atoms with Crippen LogP contribution in [0.15, 0.2) is 41.5 Å². The Balaban J connectivity index is 1.83. The van der Waals surface area contributed by atoms with Crippen LogP contribution >= 0.6 is 0 Å². The third-order valence-electron chi connectivity index (χ3n) is 5.57. The summed E-state index contributed by atoms with van der Waals surface area (Å²) in [5.41, 5.74) is 4.90. The summed E-state index contributed by atoms with van der Waals surface area (Å²) in [6, 6.07) is 7.40. The normalized spacial score (nSPS) is 11.7. The van der Waals surface area contributed by atoms with E-state index in [9.17, 15) is 9.59 Å². The van der Waals surface area contributed by atoms with E-state index < -0.39 is 0 Å². The van der Waals surface area contributed by atoms with E-state index >= 15 is 0 Å². The van der Waals surface area contributed by atoms with Crippen LogP contribution in [-0.2, 0) is 12.1 Å². The maximum atomic E-state index is 13.4. The van der Waals surface area contributed by atoms with Crippen LogP contribution in [0.1, 0.15) is 53.6 Å². The fourth-order valence-corrected chi connectivity index (χ4v) is 3.96. The van der Waals surface area contributed by atoms with Gasteiger partial charge in [-0.1, -0.05) is 0 Å². The van der Waals surface area contributed by atoms with Crippen molar-refractivity contribution in [3.8, 4) is 11.3 Å². The van der Waals surface area contributed by atoms with Gasteiger partial charge in [-0.3, -0.25) is 14.6 Å². The van der Waals surface area contributed by atoms with Crippen molar-refractivity contribution in [3.05, 3.63) is 75.1 Å². The van der Waals surface area contributed by atoms with Crippen molar-refractivity contribution < 1.29 is 4.79 Å². The van der Waals surface area contributed by atoms with Gasteiger partial charge in [-0.25, -0.2) is 9.67 Å². The molecule has 4 heterocycles. The molecule has 2 N–H and O–H groups in total. The van der Waals surface area contributed by atoms with E-state index in [0.717, 1.165) is 22.5 Å². The zero-order valence-corrected chi connectivity index (χ0v) is 19.8. The molecule has 0 fully saturated rings. The quantitative estimate of drug-likeness (QED) is 0.498. The third-order valence-corrected chi connectivity index (χ3v) is 5.57. The molecule has 1 amide bonds. The number of rotatable bonds is 4. The van der Waals surface area contributed by atoms with Gasteiger partial charge in [-0.15, -0.1) is 0 Å². The van der Waals surface area contributed by atoms with Crippen LogP contribution in [0.2, 0.25) is 0 Å².